The highest BCUT2D eigenvalue weighted by Gasteiger charge is 2.09. The standard InChI is InChI=1S/C12H20N6O/c1-4-17(5-2)7-6-15-12-9(3)16-10(8-13)11(14)18(12)19/h19H,4-7,14H2,1-3H3. The molecule has 0 aliphatic carbocycles. The molecule has 19 heavy (non-hydrogen) atoms. The Hall–Kier alpha value is -2.07. The fourth-order valence-electron chi connectivity index (χ4n) is 1.74. The average molecular weight is 264 g/mol. The molecule has 0 aliphatic rings. The van der Waals surface area contributed by atoms with Crippen molar-refractivity contribution in [3.05, 3.63) is 16.9 Å². The van der Waals surface area contributed by atoms with Gasteiger partial charge in [0.15, 0.2) is 17.0 Å². The molecule has 0 bridgehead atoms. The fraction of sp³-hybridized carbons (Fsp3) is 0.583. The van der Waals surface area contributed by atoms with Crippen LogP contribution in [0.15, 0.2) is 4.99 Å². The van der Waals surface area contributed by atoms with Gasteiger partial charge in [0.25, 0.3) is 0 Å². The van der Waals surface area contributed by atoms with Crippen molar-refractivity contribution in [3.8, 4) is 6.07 Å². The van der Waals surface area contributed by atoms with Gasteiger partial charge in [-0.2, -0.15) is 5.26 Å². The van der Waals surface area contributed by atoms with E-state index in [2.05, 4.69) is 28.7 Å². The normalized spacial score (nSPS) is 11.8. The molecular formula is C12H20N6O. The predicted octanol–water partition coefficient (Wildman–Crippen LogP) is 0.125. The molecule has 0 fully saturated rings. The minimum Gasteiger partial charge on any atom is -0.425 e. The summed E-state index contributed by atoms with van der Waals surface area (Å²) in [6.07, 6.45) is 0. The zero-order valence-electron chi connectivity index (χ0n) is 11.6. The van der Waals surface area contributed by atoms with Gasteiger partial charge in [0.2, 0.25) is 0 Å². The lowest BCUT2D eigenvalue weighted by Crippen LogP contribution is -2.30. The monoisotopic (exact) mass is 264 g/mol. The van der Waals surface area contributed by atoms with Gasteiger partial charge in [-0.25, -0.2) is 4.98 Å². The van der Waals surface area contributed by atoms with Crippen molar-refractivity contribution in [2.45, 2.75) is 20.8 Å². The molecule has 1 aromatic heterocycles. The van der Waals surface area contributed by atoms with E-state index in [0.29, 0.717) is 17.7 Å². The molecule has 0 saturated carbocycles. The van der Waals surface area contributed by atoms with Crippen LogP contribution in [0.1, 0.15) is 25.2 Å². The van der Waals surface area contributed by atoms with Crippen molar-refractivity contribution in [3.63, 3.8) is 0 Å². The van der Waals surface area contributed by atoms with Gasteiger partial charge >= 0.3 is 0 Å². The van der Waals surface area contributed by atoms with Gasteiger partial charge in [-0.1, -0.05) is 13.8 Å². The number of nitrogen functional groups attached to an aromatic ring is 1. The molecule has 0 amide bonds. The molecule has 0 spiro atoms. The van der Waals surface area contributed by atoms with Gasteiger partial charge in [0.1, 0.15) is 6.07 Å². The van der Waals surface area contributed by atoms with Crippen LogP contribution in [-0.4, -0.2) is 46.0 Å². The molecule has 7 heteroatoms. The van der Waals surface area contributed by atoms with Crippen LogP contribution in [-0.2, 0) is 0 Å². The van der Waals surface area contributed by atoms with Crippen LogP contribution in [0, 0.1) is 18.3 Å². The number of aromatic nitrogens is 2. The lowest BCUT2D eigenvalue weighted by Gasteiger charge is -2.16. The highest BCUT2D eigenvalue weighted by atomic mass is 16.5. The van der Waals surface area contributed by atoms with Crippen molar-refractivity contribution in [1.82, 2.24) is 14.6 Å². The minimum atomic E-state index is -0.0883. The molecule has 0 radical (unpaired) electrons. The van der Waals surface area contributed by atoms with E-state index >= 15 is 0 Å². The molecular weight excluding hydrogens is 244 g/mol. The molecule has 0 atom stereocenters. The molecule has 1 rings (SSSR count). The maximum atomic E-state index is 9.86. The minimum absolute atomic E-state index is 0.00249. The Morgan fingerprint density at radius 1 is 1.47 bits per heavy atom. The van der Waals surface area contributed by atoms with Crippen LogP contribution >= 0.6 is 0 Å². The fourth-order valence-corrected chi connectivity index (χ4v) is 1.74. The largest absolute Gasteiger partial charge is 0.425 e. The highest BCUT2D eigenvalue weighted by molar-refractivity contribution is 5.43. The van der Waals surface area contributed by atoms with Gasteiger partial charge in [-0.05, 0) is 20.0 Å². The van der Waals surface area contributed by atoms with E-state index in [1.54, 1.807) is 6.92 Å². The van der Waals surface area contributed by atoms with Crippen molar-refractivity contribution in [2.24, 2.45) is 4.99 Å². The third kappa shape index (κ3) is 3.45. The summed E-state index contributed by atoms with van der Waals surface area (Å²) in [6.45, 7) is 9.10. The number of hydrogen-bond acceptors (Lipinski definition) is 6. The van der Waals surface area contributed by atoms with Gasteiger partial charge < -0.3 is 15.8 Å². The van der Waals surface area contributed by atoms with Gasteiger partial charge in [-0.3, -0.25) is 4.99 Å². The van der Waals surface area contributed by atoms with Crippen LogP contribution in [0.2, 0.25) is 0 Å². The molecule has 7 nitrogen and oxygen atoms in total. The number of aryl methyl sites for hydroxylation is 1. The maximum Gasteiger partial charge on any atom is 0.187 e. The number of hydrogen-bond donors (Lipinski definition) is 2. The first-order valence-electron chi connectivity index (χ1n) is 6.26. The van der Waals surface area contributed by atoms with E-state index in [1.165, 1.54) is 0 Å². The second-order valence-electron chi connectivity index (χ2n) is 4.09. The van der Waals surface area contributed by atoms with Crippen LogP contribution < -0.4 is 11.2 Å². The van der Waals surface area contributed by atoms with Crippen LogP contribution in [0.3, 0.4) is 0 Å². The molecule has 0 saturated heterocycles. The van der Waals surface area contributed by atoms with Crippen LogP contribution in [0.5, 0.6) is 0 Å². The highest BCUT2D eigenvalue weighted by Crippen LogP contribution is 2.03. The molecule has 1 heterocycles. The van der Waals surface area contributed by atoms with Gasteiger partial charge in [-0.15, -0.1) is 4.73 Å². The second-order valence-corrected chi connectivity index (χ2v) is 4.09. The third-order valence-corrected chi connectivity index (χ3v) is 2.95. The number of anilines is 1. The van der Waals surface area contributed by atoms with E-state index in [1.807, 2.05) is 6.07 Å². The Bertz CT molecular complexity index is 538. The molecule has 0 unspecified atom stereocenters. The number of nitrogens with zero attached hydrogens (tertiary/aromatic N) is 5. The molecule has 3 N–H and O–H groups in total. The molecule has 0 aliphatic heterocycles. The summed E-state index contributed by atoms with van der Waals surface area (Å²) in [4.78, 5) is 10.5. The zero-order chi connectivity index (χ0) is 14.4. The Kier molecular flexibility index (Phi) is 5.33. The summed E-state index contributed by atoms with van der Waals surface area (Å²) in [5.74, 6) is -0.0883. The number of likely N-dealkylation sites (N-methyl/N-ethyl adjacent to an activating group) is 1. The SMILES string of the molecule is CCN(CC)CCN=c1c(C)nc(C#N)c(N)n1O. The van der Waals surface area contributed by atoms with Gasteiger partial charge in [0, 0.05) is 6.54 Å². The molecule has 104 valence electrons. The zero-order valence-corrected chi connectivity index (χ0v) is 11.6. The first kappa shape index (κ1) is 15.0. The summed E-state index contributed by atoms with van der Waals surface area (Å²) in [7, 11) is 0. The van der Waals surface area contributed by atoms with Crippen LogP contribution in [0.4, 0.5) is 5.82 Å². The summed E-state index contributed by atoms with van der Waals surface area (Å²) >= 11 is 0. The maximum absolute atomic E-state index is 9.86. The summed E-state index contributed by atoms with van der Waals surface area (Å²) in [6, 6.07) is 1.83. The molecule has 0 aromatic carbocycles. The van der Waals surface area contributed by atoms with E-state index in [-0.39, 0.29) is 11.5 Å². The van der Waals surface area contributed by atoms with E-state index < -0.39 is 0 Å². The second kappa shape index (κ2) is 6.75. The lowest BCUT2D eigenvalue weighted by molar-refractivity contribution is 0.175. The van der Waals surface area contributed by atoms with Crippen molar-refractivity contribution in [1.29, 1.82) is 5.26 Å². The third-order valence-electron chi connectivity index (χ3n) is 2.95. The summed E-state index contributed by atoms with van der Waals surface area (Å²) in [5, 5.41) is 18.7. The quantitative estimate of drug-likeness (QED) is 0.735. The van der Waals surface area contributed by atoms with Gasteiger partial charge in [0.05, 0.1) is 12.2 Å². The van der Waals surface area contributed by atoms with Crippen molar-refractivity contribution in [2.75, 3.05) is 31.9 Å². The predicted molar refractivity (Wildman–Crippen MR) is 71.5 cm³/mol. The Labute approximate surface area is 112 Å². The van der Waals surface area contributed by atoms with Crippen LogP contribution in [0.25, 0.3) is 0 Å². The van der Waals surface area contributed by atoms with E-state index in [4.69, 9.17) is 11.0 Å². The van der Waals surface area contributed by atoms with Crippen molar-refractivity contribution < 1.29 is 5.21 Å². The topological polar surface area (TPSA) is 103 Å². The number of nitrogens with two attached hydrogens (primary N) is 1. The van der Waals surface area contributed by atoms with E-state index in [0.717, 1.165) is 24.4 Å². The average Bonchev–Trinajstić information content (AvgIpc) is 2.42. The first-order valence-corrected chi connectivity index (χ1v) is 6.26. The smallest absolute Gasteiger partial charge is 0.187 e. The number of nitriles is 1. The summed E-state index contributed by atoms with van der Waals surface area (Å²) < 4.78 is 0.725. The number of rotatable bonds is 5. The lowest BCUT2D eigenvalue weighted by atomic mass is 10.4. The Morgan fingerprint density at radius 2 is 2.11 bits per heavy atom. The molecule has 1 aromatic rings. The first-order chi connectivity index (χ1) is 9.04. The Balaban J connectivity index is 3.02. The van der Waals surface area contributed by atoms with Crippen molar-refractivity contribution >= 4 is 5.82 Å². The Morgan fingerprint density at radius 3 is 2.63 bits per heavy atom. The summed E-state index contributed by atoms with van der Waals surface area (Å²) in [5.41, 5.74) is 6.38. The van der Waals surface area contributed by atoms with E-state index in [9.17, 15) is 5.21 Å².